The number of hydrogen-bond acceptors (Lipinski definition) is 5. The highest BCUT2D eigenvalue weighted by atomic mass is 32.2. The van der Waals surface area contributed by atoms with Crippen LogP contribution in [-0.4, -0.2) is 25.3 Å². The van der Waals surface area contributed by atoms with Crippen molar-refractivity contribution < 1.29 is 18.1 Å². The van der Waals surface area contributed by atoms with E-state index in [0.717, 1.165) is 30.7 Å². The minimum Gasteiger partial charge on any atom is -0.350 e. The molecule has 26 heavy (non-hydrogen) atoms. The second kappa shape index (κ2) is 7.96. The first-order chi connectivity index (χ1) is 12.2. The highest BCUT2D eigenvalue weighted by Crippen LogP contribution is 2.22. The standard InChI is InChI=1S/C17H19N3O5S/c1-3-12(2)18-17(21)15-6-4-5-7-16(15)19-26(24,25)14-10-8-13(9-11-14)20(22)23/h4-12,19H,3H2,1-2H3,(H,18,21)/t12-/m1/s1. The summed E-state index contributed by atoms with van der Waals surface area (Å²) in [6.07, 6.45) is 0.739. The third kappa shape index (κ3) is 4.57. The average molecular weight is 377 g/mol. The van der Waals surface area contributed by atoms with Crippen molar-refractivity contribution in [3.05, 3.63) is 64.2 Å². The molecule has 0 aliphatic heterocycles. The number of nitrogens with one attached hydrogen (secondary N) is 2. The molecule has 0 aliphatic carbocycles. The van der Waals surface area contributed by atoms with Crippen LogP contribution in [0.2, 0.25) is 0 Å². The van der Waals surface area contributed by atoms with Gasteiger partial charge in [0, 0.05) is 18.2 Å². The molecular formula is C17H19N3O5S. The van der Waals surface area contributed by atoms with Crippen LogP contribution in [0.4, 0.5) is 11.4 Å². The predicted molar refractivity (Wildman–Crippen MR) is 97.6 cm³/mol. The van der Waals surface area contributed by atoms with Gasteiger partial charge in [0.15, 0.2) is 0 Å². The summed E-state index contributed by atoms with van der Waals surface area (Å²) in [5.41, 5.74) is 0.113. The zero-order chi connectivity index (χ0) is 19.3. The van der Waals surface area contributed by atoms with E-state index < -0.39 is 14.9 Å². The fourth-order valence-corrected chi connectivity index (χ4v) is 3.20. The molecular weight excluding hydrogens is 358 g/mol. The third-order valence-electron chi connectivity index (χ3n) is 3.76. The lowest BCUT2D eigenvalue weighted by Crippen LogP contribution is -2.32. The van der Waals surface area contributed by atoms with Crippen LogP contribution < -0.4 is 10.0 Å². The summed E-state index contributed by atoms with van der Waals surface area (Å²) in [6.45, 7) is 3.77. The minimum absolute atomic E-state index is 0.0539. The van der Waals surface area contributed by atoms with Crippen LogP contribution in [0.1, 0.15) is 30.6 Å². The van der Waals surface area contributed by atoms with Gasteiger partial charge in [0.2, 0.25) is 0 Å². The van der Waals surface area contributed by atoms with Gasteiger partial charge in [-0.25, -0.2) is 8.42 Å². The SMILES string of the molecule is CC[C@@H](C)NC(=O)c1ccccc1NS(=O)(=O)c1ccc([N+](=O)[O-])cc1. The number of benzene rings is 2. The van der Waals surface area contributed by atoms with Gasteiger partial charge in [-0.2, -0.15) is 0 Å². The molecule has 0 saturated carbocycles. The summed E-state index contributed by atoms with van der Waals surface area (Å²) in [7, 11) is -4.00. The van der Waals surface area contributed by atoms with Gasteiger partial charge in [0.1, 0.15) is 0 Å². The van der Waals surface area contributed by atoms with Crippen molar-refractivity contribution in [1.82, 2.24) is 5.32 Å². The molecule has 2 N–H and O–H groups in total. The Kier molecular flexibility index (Phi) is 5.93. The number of amides is 1. The summed E-state index contributed by atoms with van der Waals surface area (Å²) >= 11 is 0. The molecule has 0 bridgehead atoms. The number of anilines is 1. The Morgan fingerprint density at radius 3 is 2.35 bits per heavy atom. The highest BCUT2D eigenvalue weighted by molar-refractivity contribution is 7.92. The van der Waals surface area contributed by atoms with Crippen molar-refractivity contribution >= 4 is 27.3 Å². The summed E-state index contributed by atoms with van der Waals surface area (Å²) < 4.78 is 27.4. The number of nitro groups is 1. The number of rotatable bonds is 7. The van der Waals surface area contributed by atoms with Gasteiger partial charge >= 0.3 is 0 Å². The molecule has 2 aromatic carbocycles. The summed E-state index contributed by atoms with van der Waals surface area (Å²) in [6, 6.07) is 10.7. The molecule has 1 amide bonds. The molecule has 0 aliphatic rings. The molecule has 9 heteroatoms. The van der Waals surface area contributed by atoms with Crippen LogP contribution in [0.3, 0.4) is 0 Å². The molecule has 0 fully saturated rings. The van der Waals surface area contributed by atoms with Crippen molar-refractivity contribution in [1.29, 1.82) is 0 Å². The predicted octanol–water partition coefficient (Wildman–Crippen LogP) is 2.92. The van der Waals surface area contributed by atoms with Crippen LogP contribution in [-0.2, 0) is 10.0 Å². The lowest BCUT2D eigenvalue weighted by molar-refractivity contribution is -0.384. The average Bonchev–Trinajstić information content (AvgIpc) is 2.61. The van der Waals surface area contributed by atoms with Gasteiger partial charge < -0.3 is 5.32 Å². The molecule has 0 aromatic heterocycles. The maximum Gasteiger partial charge on any atom is 0.269 e. The summed E-state index contributed by atoms with van der Waals surface area (Å²) in [4.78, 5) is 22.3. The Bertz CT molecular complexity index is 910. The zero-order valence-corrected chi connectivity index (χ0v) is 15.1. The van der Waals surface area contributed by atoms with Gasteiger partial charge in [0.05, 0.1) is 21.1 Å². The van der Waals surface area contributed by atoms with E-state index in [1.54, 1.807) is 12.1 Å². The summed E-state index contributed by atoms with van der Waals surface area (Å²) in [5, 5.41) is 13.5. The van der Waals surface area contributed by atoms with E-state index in [1.807, 2.05) is 13.8 Å². The van der Waals surface area contributed by atoms with E-state index >= 15 is 0 Å². The van der Waals surface area contributed by atoms with Gasteiger partial charge in [-0.1, -0.05) is 19.1 Å². The smallest absolute Gasteiger partial charge is 0.269 e. The number of non-ortho nitro benzene ring substituents is 1. The highest BCUT2D eigenvalue weighted by Gasteiger charge is 2.20. The molecule has 8 nitrogen and oxygen atoms in total. The topological polar surface area (TPSA) is 118 Å². The van der Waals surface area contributed by atoms with Gasteiger partial charge in [-0.3, -0.25) is 19.6 Å². The van der Waals surface area contributed by atoms with E-state index in [9.17, 15) is 23.3 Å². The van der Waals surface area contributed by atoms with Crippen LogP contribution in [0.15, 0.2) is 53.4 Å². The number of nitrogens with zero attached hydrogens (tertiary/aromatic N) is 1. The molecule has 0 spiro atoms. The Balaban J connectivity index is 2.29. The third-order valence-corrected chi connectivity index (χ3v) is 5.15. The molecule has 0 heterocycles. The van der Waals surface area contributed by atoms with Crippen LogP contribution in [0, 0.1) is 10.1 Å². The Morgan fingerprint density at radius 2 is 1.77 bits per heavy atom. The molecule has 0 radical (unpaired) electrons. The van der Waals surface area contributed by atoms with E-state index in [-0.39, 0.29) is 33.8 Å². The van der Waals surface area contributed by atoms with Gasteiger partial charge in [0.25, 0.3) is 21.6 Å². The van der Waals surface area contributed by atoms with Gasteiger partial charge in [-0.05, 0) is 37.6 Å². The molecule has 2 rings (SSSR count). The fraction of sp³-hybridized carbons (Fsp3) is 0.235. The van der Waals surface area contributed by atoms with Crippen molar-refractivity contribution in [2.24, 2.45) is 0 Å². The van der Waals surface area contributed by atoms with Crippen molar-refractivity contribution in [2.45, 2.75) is 31.2 Å². The maximum atomic E-state index is 12.5. The fourth-order valence-electron chi connectivity index (χ4n) is 2.12. The second-order valence-electron chi connectivity index (χ2n) is 5.68. The number of nitro benzene ring substituents is 1. The normalized spacial score (nSPS) is 12.2. The number of para-hydroxylation sites is 1. The van der Waals surface area contributed by atoms with E-state index in [0.29, 0.717) is 0 Å². The lowest BCUT2D eigenvalue weighted by atomic mass is 10.1. The van der Waals surface area contributed by atoms with E-state index in [1.165, 1.54) is 12.1 Å². The number of sulfonamides is 1. The first-order valence-corrected chi connectivity index (χ1v) is 9.40. The van der Waals surface area contributed by atoms with Crippen LogP contribution in [0.5, 0.6) is 0 Å². The van der Waals surface area contributed by atoms with Crippen LogP contribution in [0.25, 0.3) is 0 Å². The first kappa shape index (κ1) is 19.4. The van der Waals surface area contributed by atoms with Crippen molar-refractivity contribution in [3.8, 4) is 0 Å². The molecule has 2 aromatic rings. The molecule has 0 saturated heterocycles. The number of carbonyl (C=O) groups is 1. The molecule has 138 valence electrons. The molecule has 0 unspecified atom stereocenters. The largest absolute Gasteiger partial charge is 0.350 e. The van der Waals surface area contributed by atoms with Crippen molar-refractivity contribution in [2.75, 3.05) is 4.72 Å². The van der Waals surface area contributed by atoms with E-state index in [4.69, 9.17) is 0 Å². The zero-order valence-electron chi connectivity index (χ0n) is 14.3. The van der Waals surface area contributed by atoms with Crippen molar-refractivity contribution in [3.63, 3.8) is 0 Å². The Morgan fingerprint density at radius 1 is 1.15 bits per heavy atom. The minimum atomic E-state index is -4.00. The number of carbonyl (C=O) groups excluding carboxylic acids is 1. The molecule has 1 atom stereocenters. The quantitative estimate of drug-likeness (QED) is 0.568. The Hall–Kier alpha value is -2.94. The lowest BCUT2D eigenvalue weighted by Gasteiger charge is -2.15. The van der Waals surface area contributed by atoms with E-state index in [2.05, 4.69) is 10.0 Å². The maximum absolute atomic E-state index is 12.5. The second-order valence-corrected chi connectivity index (χ2v) is 7.37. The number of hydrogen-bond donors (Lipinski definition) is 2. The summed E-state index contributed by atoms with van der Waals surface area (Å²) in [5.74, 6) is -0.388. The van der Waals surface area contributed by atoms with Gasteiger partial charge in [-0.15, -0.1) is 0 Å². The first-order valence-electron chi connectivity index (χ1n) is 7.91. The van der Waals surface area contributed by atoms with Crippen LogP contribution >= 0.6 is 0 Å². The Labute approximate surface area is 151 Å². The monoisotopic (exact) mass is 377 g/mol.